The van der Waals surface area contributed by atoms with Gasteiger partial charge in [0.05, 0.1) is 31.5 Å². The number of carbonyl (C=O) groups excluding carboxylic acids is 1. The highest BCUT2D eigenvalue weighted by Crippen LogP contribution is 2.32. The van der Waals surface area contributed by atoms with Crippen molar-refractivity contribution >= 4 is 17.7 Å². The van der Waals surface area contributed by atoms with Crippen molar-refractivity contribution < 1.29 is 19.0 Å². The summed E-state index contributed by atoms with van der Waals surface area (Å²) in [6.07, 6.45) is 4.64. The van der Waals surface area contributed by atoms with Crippen molar-refractivity contribution in [2.24, 2.45) is 0 Å². The first kappa shape index (κ1) is 21.5. The number of rotatable bonds is 7. The van der Waals surface area contributed by atoms with Crippen LogP contribution in [0.2, 0.25) is 0 Å². The molecule has 1 N–H and O–H groups in total. The Morgan fingerprint density at radius 2 is 2.13 bits per heavy atom. The summed E-state index contributed by atoms with van der Waals surface area (Å²) in [4.78, 5) is 16.2. The maximum Gasteiger partial charge on any atom is 0.257 e. The second-order valence-corrected chi connectivity index (χ2v) is 8.66. The van der Waals surface area contributed by atoms with Gasteiger partial charge >= 0.3 is 0 Å². The van der Waals surface area contributed by atoms with Crippen LogP contribution in [0.4, 0.5) is 0 Å². The van der Waals surface area contributed by atoms with Crippen molar-refractivity contribution in [3.8, 4) is 11.6 Å². The van der Waals surface area contributed by atoms with Gasteiger partial charge in [0, 0.05) is 23.6 Å². The molecule has 2 atom stereocenters. The second-order valence-electron chi connectivity index (χ2n) is 7.33. The summed E-state index contributed by atoms with van der Waals surface area (Å²) in [7, 11) is 1.56. The number of methoxy groups -OCH3 is 1. The molecule has 2 aliphatic rings. The average Bonchev–Trinajstić information content (AvgIpc) is 3.13. The highest BCUT2D eigenvalue weighted by Gasteiger charge is 2.27. The number of hydrogen-bond acceptors (Lipinski definition) is 8. The van der Waals surface area contributed by atoms with Crippen LogP contribution in [0.25, 0.3) is 0 Å². The zero-order valence-corrected chi connectivity index (χ0v) is 18.4. The molecule has 0 aliphatic carbocycles. The summed E-state index contributed by atoms with van der Waals surface area (Å²) in [5.41, 5.74) is 1.02. The molecule has 2 aliphatic heterocycles. The Kier molecular flexibility index (Phi) is 6.93. The lowest BCUT2D eigenvalue weighted by atomic mass is 10.1. The zero-order valence-electron chi connectivity index (χ0n) is 17.6. The van der Waals surface area contributed by atoms with Gasteiger partial charge in [0.2, 0.25) is 5.88 Å². The Morgan fingerprint density at radius 1 is 1.26 bits per heavy atom. The number of aromatic nitrogens is 2. The normalized spacial score (nSPS) is 20.8. The lowest BCUT2D eigenvalue weighted by Gasteiger charge is -2.26. The van der Waals surface area contributed by atoms with E-state index in [9.17, 15) is 4.79 Å². The number of amides is 1. The smallest absolute Gasteiger partial charge is 0.257 e. The highest BCUT2D eigenvalue weighted by atomic mass is 32.2. The molecular formula is C22H26N4O4S. The minimum Gasteiger partial charge on any atom is -0.480 e. The number of nitrogens with zero attached hydrogens (tertiary/aromatic N) is 3. The summed E-state index contributed by atoms with van der Waals surface area (Å²) >= 11 is 1.58. The van der Waals surface area contributed by atoms with Crippen LogP contribution in [-0.2, 0) is 11.3 Å². The van der Waals surface area contributed by atoms with Crippen molar-refractivity contribution in [1.82, 2.24) is 20.4 Å². The molecule has 2 aromatic rings. The highest BCUT2D eigenvalue weighted by molar-refractivity contribution is 8.03. The van der Waals surface area contributed by atoms with Crippen LogP contribution in [0.5, 0.6) is 11.6 Å². The maximum absolute atomic E-state index is 13.1. The van der Waals surface area contributed by atoms with Gasteiger partial charge in [-0.2, -0.15) is 5.10 Å². The van der Waals surface area contributed by atoms with Crippen molar-refractivity contribution in [2.75, 3.05) is 13.7 Å². The molecule has 0 saturated carbocycles. The molecule has 1 fully saturated rings. The molecule has 31 heavy (non-hydrogen) atoms. The average molecular weight is 443 g/mol. The number of para-hydroxylation sites is 1. The number of carbonyl (C=O) groups is 1. The van der Waals surface area contributed by atoms with Crippen LogP contribution in [0.15, 0.2) is 47.5 Å². The van der Waals surface area contributed by atoms with E-state index in [0.717, 1.165) is 29.9 Å². The largest absolute Gasteiger partial charge is 0.480 e. The second kappa shape index (κ2) is 10.0. The van der Waals surface area contributed by atoms with Gasteiger partial charge in [0.15, 0.2) is 11.8 Å². The summed E-state index contributed by atoms with van der Waals surface area (Å²) in [5.74, 6) is 0.805. The van der Waals surface area contributed by atoms with Gasteiger partial charge in [-0.3, -0.25) is 4.79 Å². The SMILES string of the molecule is COc1ccc(CN2C=C(C)SC2NC(=O)c2ccccc2OC2CCCCO2)nn1. The van der Waals surface area contributed by atoms with E-state index in [2.05, 4.69) is 15.5 Å². The van der Waals surface area contributed by atoms with E-state index in [0.29, 0.717) is 30.3 Å². The summed E-state index contributed by atoms with van der Waals surface area (Å²) in [6.45, 7) is 3.22. The van der Waals surface area contributed by atoms with E-state index in [1.54, 1.807) is 31.0 Å². The lowest BCUT2D eigenvalue weighted by molar-refractivity contribution is -0.106. The molecule has 3 heterocycles. The van der Waals surface area contributed by atoms with Crippen molar-refractivity contribution in [1.29, 1.82) is 0 Å². The summed E-state index contributed by atoms with van der Waals surface area (Å²) < 4.78 is 16.7. The fourth-order valence-corrected chi connectivity index (χ4v) is 4.42. The number of hydrogen-bond donors (Lipinski definition) is 1. The maximum atomic E-state index is 13.1. The first-order valence-electron chi connectivity index (χ1n) is 10.3. The van der Waals surface area contributed by atoms with E-state index in [1.807, 2.05) is 42.3 Å². The van der Waals surface area contributed by atoms with E-state index in [-0.39, 0.29) is 17.7 Å². The van der Waals surface area contributed by atoms with Gasteiger partial charge in [-0.1, -0.05) is 23.9 Å². The first-order valence-corrected chi connectivity index (χ1v) is 11.2. The zero-order chi connectivity index (χ0) is 21.6. The van der Waals surface area contributed by atoms with Gasteiger partial charge in [0.25, 0.3) is 5.91 Å². The molecule has 8 nitrogen and oxygen atoms in total. The standard InChI is InChI=1S/C22H26N4O4S/c1-15-13-26(14-16-10-11-19(28-2)25-24-16)22(31-15)23-21(27)17-7-3-4-8-18(17)30-20-9-5-6-12-29-20/h3-4,7-8,10-11,13,20,22H,5-6,9,12,14H2,1-2H3,(H,23,27). The molecule has 4 rings (SSSR count). The Balaban J connectivity index is 1.43. The van der Waals surface area contributed by atoms with E-state index >= 15 is 0 Å². The molecule has 0 bridgehead atoms. The van der Waals surface area contributed by atoms with Gasteiger partial charge in [-0.25, -0.2) is 0 Å². The molecule has 1 amide bonds. The van der Waals surface area contributed by atoms with Crippen LogP contribution in [0.1, 0.15) is 42.2 Å². The van der Waals surface area contributed by atoms with E-state index in [1.165, 1.54) is 0 Å². The number of nitrogens with one attached hydrogen (secondary N) is 1. The predicted molar refractivity (Wildman–Crippen MR) is 117 cm³/mol. The summed E-state index contributed by atoms with van der Waals surface area (Å²) in [6, 6.07) is 10.9. The number of thioether (sulfide) groups is 1. The Hall–Kier alpha value is -2.78. The van der Waals surface area contributed by atoms with Crippen molar-refractivity contribution in [2.45, 2.75) is 44.5 Å². The Bertz CT molecular complexity index is 931. The van der Waals surface area contributed by atoms with Gasteiger partial charge < -0.3 is 24.4 Å². The monoisotopic (exact) mass is 442 g/mol. The van der Waals surface area contributed by atoms with E-state index < -0.39 is 0 Å². The molecule has 0 spiro atoms. The third kappa shape index (κ3) is 5.48. The fraction of sp³-hybridized carbons (Fsp3) is 0.409. The minimum absolute atomic E-state index is 0.196. The number of benzene rings is 1. The molecule has 9 heteroatoms. The number of allylic oxidation sites excluding steroid dienone is 1. The molecule has 0 radical (unpaired) electrons. The molecule has 1 aromatic heterocycles. The fourth-order valence-electron chi connectivity index (χ4n) is 3.44. The topological polar surface area (TPSA) is 85.8 Å². The van der Waals surface area contributed by atoms with Gasteiger partial charge in [-0.15, -0.1) is 5.10 Å². The quantitative estimate of drug-likeness (QED) is 0.697. The Labute approximate surface area is 186 Å². The first-order chi connectivity index (χ1) is 15.1. The van der Waals surface area contributed by atoms with E-state index in [4.69, 9.17) is 14.2 Å². The molecule has 2 unspecified atom stereocenters. The third-order valence-electron chi connectivity index (χ3n) is 4.98. The summed E-state index contributed by atoms with van der Waals surface area (Å²) in [5, 5.41) is 11.3. The van der Waals surface area contributed by atoms with Crippen molar-refractivity contribution in [3.63, 3.8) is 0 Å². The minimum atomic E-state index is -0.308. The number of ether oxygens (including phenoxy) is 3. The molecule has 1 saturated heterocycles. The van der Waals surface area contributed by atoms with Crippen LogP contribution in [-0.4, -0.2) is 46.5 Å². The van der Waals surface area contributed by atoms with Crippen LogP contribution < -0.4 is 14.8 Å². The molecule has 1 aromatic carbocycles. The van der Waals surface area contributed by atoms with Crippen LogP contribution in [0.3, 0.4) is 0 Å². The van der Waals surface area contributed by atoms with Gasteiger partial charge in [0.1, 0.15) is 5.75 Å². The third-order valence-corrected chi connectivity index (χ3v) is 6.07. The van der Waals surface area contributed by atoms with Gasteiger partial charge in [-0.05, 0) is 38.0 Å². The van der Waals surface area contributed by atoms with Crippen molar-refractivity contribution in [3.05, 3.63) is 58.8 Å². The van der Waals surface area contributed by atoms with Crippen LogP contribution in [0, 0.1) is 0 Å². The Morgan fingerprint density at radius 3 is 2.87 bits per heavy atom. The van der Waals surface area contributed by atoms with Crippen LogP contribution >= 0.6 is 11.8 Å². The molecule has 164 valence electrons. The lowest BCUT2D eigenvalue weighted by Crippen LogP contribution is -2.41. The predicted octanol–water partition coefficient (Wildman–Crippen LogP) is 3.51. The molecular weight excluding hydrogens is 416 g/mol.